The third-order valence-corrected chi connectivity index (χ3v) is 4.68. The van der Waals surface area contributed by atoms with E-state index >= 15 is 0 Å². The Kier molecular flexibility index (Phi) is 9.41. The lowest BCUT2D eigenvalue weighted by Gasteiger charge is -2.08. The maximum Gasteiger partial charge on any atom is 0.230 e. The SMILES string of the molecule is CCOc1ccc(OCCSCC(=O)NCCc2ccc(OC)cc2)cc1. The van der Waals surface area contributed by atoms with Crippen LogP contribution in [0.15, 0.2) is 48.5 Å². The van der Waals surface area contributed by atoms with E-state index in [1.807, 2.05) is 55.5 Å². The number of hydrogen-bond acceptors (Lipinski definition) is 5. The quantitative estimate of drug-likeness (QED) is 0.563. The minimum absolute atomic E-state index is 0.0505. The van der Waals surface area contributed by atoms with E-state index in [0.717, 1.165) is 29.4 Å². The Balaban J connectivity index is 1.52. The largest absolute Gasteiger partial charge is 0.497 e. The van der Waals surface area contributed by atoms with Crippen LogP contribution in [-0.2, 0) is 11.2 Å². The average Bonchev–Trinajstić information content (AvgIpc) is 2.70. The van der Waals surface area contributed by atoms with Gasteiger partial charge >= 0.3 is 0 Å². The van der Waals surface area contributed by atoms with Crippen LogP contribution in [0.3, 0.4) is 0 Å². The van der Waals surface area contributed by atoms with Gasteiger partial charge in [-0.25, -0.2) is 0 Å². The molecule has 0 aliphatic rings. The van der Waals surface area contributed by atoms with Crippen molar-refractivity contribution in [3.05, 3.63) is 54.1 Å². The molecule has 27 heavy (non-hydrogen) atoms. The van der Waals surface area contributed by atoms with Crippen molar-refractivity contribution in [3.63, 3.8) is 0 Å². The molecule has 0 radical (unpaired) electrons. The predicted molar refractivity (Wildman–Crippen MR) is 110 cm³/mol. The van der Waals surface area contributed by atoms with Crippen LogP contribution in [0, 0.1) is 0 Å². The number of ether oxygens (including phenoxy) is 3. The maximum atomic E-state index is 11.9. The summed E-state index contributed by atoms with van der Waals surface area (Å²) in [7, 11) is 1.65. The lowest BCUT2D eigenvalue weighted by molar-refractivity contribution is -0.118. The fourth-order valence-corrected chi connectivity index (χ4v) is 3.00. The highest BCUT2D eigenvalue weighted by atomic mass is 32.2. The van der Waals surface area contributed by atoms with Crippen LogP contribution in [0.25, 0.3) is 0 Å². The molecule has 0 aromatic heterocycles. The summed E-state index contributed by atoms with van der Waals surface area (Å²) >= 11 is 1.56. The molecule has 0 fully saturated rings. The Hall–Kier alpha value is -2.34. The molecule has 2 aromatic rings. The van der Waals surface area contributed by atoms with Gasteiger partial charge in [0.15, 0.2) is 0 Å². The van der Waals surface area contributed by atoms with E-state index < -0.39 is 0 Å². The summed E-state index contributed by atoms with van der Waals surface area (Å²) < 4.78 is 16.2. The number of hydrogen-bond donors (Lipinski definition) is 1. The van der Waals surface area contributed by atoms with Crippen LogP contribution in [-0.4, -0.2) is 44.3 Å². The summed E-state index contributed by atoms with van der Waals surface area (Å²) in [5.74, 6) is 3.74. The molecule has 6 heteroatoms. The summed E-state index contributed by atoms with van der Waals surface area (Å²) in [6, 6.07) is 15.4. The van der Waals surface area contributed by atoms with Crippen molar-refractivity contribution in [1.82, 2.24) is 5.32 Å². The van der Waals surface area contributed by atoms with Gasteiger partial charge < -0.3 is 19.5 Å². The van der Waals surface area contributed by atoms with Crippen LogP contribution >= 0.6 is 11.8 Å². The minimum Gasteiger partial charge on any atom is -0.497 e. The van der Waals surface area contributed by atoms with Crippen molar-refractivity contribution in [2.75, 3.05) is 38.4 Å². The third-order valence-electron chi connectivity index (χ3n) is 3.76. The van der Waals surface area contributed by atoms with E-state index in [0.29, 0.717) is 25.5 Å². The smallest absolute Gasteiger partial charge is 0.230 e. The minimum atomic E-state index is 0.0505. The molecule has 5 nitrogen and oxygen atoms in total. The standard InChI is InChI=1S/C21H27NO4S/c1-3-25-19-8-10-20(11-9-19)26-14-15-27-16-21(23)22-13-12-17-4-6-18(24-2)7-5-17/h4-11H,3,12-16H2,1-2H3,(H,22,23). The zero-order valence-corrected chi connectivity index (χ0v) is 16.7. The molecular formula is C21H27NO4S. The summed E-state index contributed by atoms with van der Waals surface area (Å²) in [6.07, 6.45) is 0.807. The van der Waals surface area contributed by atoms with Crippen LogP contribution < -0.4 is 19.5 Å². The number of nitrogens with one attached hydrogen (secondary N) is 1. The molecule has 0 aliphatic carbocycles. The van der Waals surface area contributed by atoms with Gasteiger partial charge in [0.25, 0.3) is 0 Å². The van der Waals surface area contributed by atoms with Crippen LogP contribution in [0.2, 0.25) is 0 Å². The molecule has 0 atom stereocenters. The van der Waals surface area contributed by atoms with E-state index in [-0.39, 0.29) is 5.91 Å². The maximum absolute atomic E-state index is 11.9. The molecule has 0 saturated carbocycles. The molecule has 146 valence electrons. The van der Waals surface area contributed by atoms with Crippen molar-refractivity contribution < 1.29 is 19.0 Å². The Morgan fingerprint density at radius 3 is 2.22 bits per heavy atom. The number of rotatable bonds is 12. The van der Waals surface area contributed by atoms with E-state index in [4.69, 9.17) is 14.2 Å². The number of methoxy groups -OCH3 is 1. The summed E-state index contributed by atoms with van der Waals surface area (Å²) in [5.41, 5.74) is 1.17. The third kappa shape index (κ3) is 8.26. The first kappa shape index (κ1) is 21.0. The van der Waals surface area contributed by atoms with Gasteiger partial charge in [0.2, 0.25) is 5.91 Å². The molecule has 0 heterocycles. The van der Waals surface area contributed by atoms with Crippen LogP contribution in [0.1, 0.15) is 12.5 Å². The molecule has 0 spiro atoms. The highest BCUT2D eigenvalue weighted by molar-refractivity contribution is 7.99. The van der Waals surface area contributed by atoms with E-state index in [2.05, 4.69) is 5.32 Å². The van der Waals surface area contributed by atoms with Gasteiger partial charge in [-0.15, -0.1) is 11.8 Å². The normalized spacial score (nSPS) is 10.3. The van der Waals surface area contributed by atoms with Gasteiger partial charge in [-0.05, 0) is 55.3 Å². The van der Waals surface area contributed by atoms with Crippen molar-refractivity contribution in [1.29, 1.82) is 0 Å². The second-order valence-electron chi connectivity index (χ2n) is 5.75. The number of amides is 1. The van der Waals surface area contributed by atoms with Gasteiger partial charge in [-0.3, -0.25) is 4.79 Å². The Morgan fingerprint density at radius 1 is 0.963 bits per heavy atom. The zero-order chi connectivity index (χ0) is 19.3. The van der Waals surface area contributed by atoms with E-state index in [1.54, 1.807) is 18.9 Å². The van der Waals surface area contributed by atoms with Gasteiger partial charge in [0.05, 0.1) is 26.1 Å². The monoisotopic (exact) mass is 389 g/mol. The number of benzene rings is 2. The number of carbonyl (C=O) groups excluding carboxylic acids is 1. The molecule has 2 rings (SSSR count). The number of thioether (sulfide) groups is 1. The Labute approximate surface area is 165 Å². The van der Waals surface area contributed by atoms with Crippen LogP contribution in [0.4, 0.5) is 0 Å². The second-order valence-corrected chi connectivity index (χ2v) is 6.86. The second kappa shape index (κ2) is 12.1. The van der Waals surface area contributed by atoms with Gasteiger partial charge in [0.1, 0.15) is 17.2 Å². The fraction of sp³-hybridized carbons (Fsp3) is 0.381. The Bertz CT molecular complexity index is 674. The lowest BCUT2D eigenvalue weighted by atomic mass is 10.1. The molecular weight excluding hydrogens is 362 g/mol. The summed E-state index contributed by atoms with van der Waals surface area (Å²) in [4.78, 5) is 11.9. The van der Waals surface area contributed by atoms with Crippen LogP contribution in [0.5, 0.6) is 17.2 Å². The molecule has 1 N–H and O–H groups in total. The summed E-state index contributed by atoms with van der Waals surface area (Å²) in [5, 5.41) is 2.94. The predicted octanol–water partition coefficient (Wildman–Crippen LogP) is 3.56. The molecule has 0 unspecified atom stereocenters. The first-order chi connectivity index (χ1) is 13.2. The first-order valence-electron chi connectivity index (χ1n) is 9.04. The number of carbonyl (C=O) groups is 1. The molecule has 0 aliphatic heterocycles. The molecule has 0 saturated heterocycles. The fourth-order valence-electron chi connectivity index (χ4n) is 2.37. The van der Waals surface area contributed by atoms with Gasteiger partial charge in [-0.1, -0.05) is 12.1 Å². The highest BCUT2D eigenvalue weighted by Crippen LogP contribution is 2.17. The highest BCUT2D eigenvalue weighted by Gasteiger charge is 2.02. The van der Waals surface area contributed by atoms with Gasteiger partial charge in [-0.2, -0.15) is 0 Å². The van der Waals surface area contributed by atoms with Gasteiger partial charge in [0, 0.05) is 12.3 Å². The van der Waals surface area contributed by atoms with Crippen molar-refractivity contribution in [2.24, 2.45) is 0 Å². The average molecular weight is 390 g/mol. The van der Waals surface area contributed by atoms with Crippen molar-refractivity contribution in [2.45, 2.75) is 13.3 Å². The molecule has 1 amide bonds. The van der Waals surface area contributed by atoms with E-state index in [9.17, 15) is 4.79 Å². The molecule has 0 bridgehead atoms. The topological polar surface area (TPSA) is 56.8 Å². The summed E-state index contributed by atoms with van der Waals surface area (Å²) in [6.45, 7) is 3.81. The van der Waals surface area contributed by atoms with E-state index in [1.165, 1.54) is 5.56 Å². The first-order valence-corrected chi connectivity index (χ1v) is 10.2. The Morgan fingerprint density at radius 2 is 1.59 bits per heavy atom. The molecule has 2 aromatic carbocycles. The lowest BCUT2D eigenvalue weighted by Crippen LogP contribution is -2.27. The van der Waals surface area contributed by atoms with Crippen molar-refractivity contribution >= 4 is 17.7 Å². The zero-order valence-electron chi connectivity index (χ0n) is 15.9. The van der Waals surface area contributed by atoms with Crippen molar-refractivity contribution in [3.8, 4) is 17.2 Å².